The number of nitrogens with two attached hydrogens (primary N) is 2. The van der Waals surface area contributed by atoms with Gasteiger partial charge in [0.15, 0.2) is 6.04 Å². The molecular weight excluding hydrogens is 484 g/mol. The van der Waals surface area contributed by atoms with Crippen LogP contribution in [0.1, 0.15) is 32.8 Å². The number of fused-ring (bicyclic) bond motifs is 1. The van der Waals surface area contributed by atoms with Gasteiger partial charge < -0.3 is 42.6 Å². The first-order valence-corrected chi connectivity index (χ1v) is 11.7. The fourth-order valence-electron chi connectivity index (χ4n) is 3.74. The number of carboxylic acids is 1. The third-order valence-corrected chi connectivity index (χ3v) is 5.78. The lowest BCUT2D eigenvalue weighted by Gasteiger charge is -2.27. The van der Waals surface area contributed by atoms with Crippen LogP contribution in [0, 0.1) is 5.92 Å². The van der Waals surface area contributed by atoms with E-state index in [1.54, 1.807) is 20.0 Å². The predicted octanol–water partition coefficient (Wildman–Crippen LogP) is -1.51. The number of H-pyrrole nitrogens is 1. The molecule has 4 amide bonds. The number of primary amides is 1. The fraction of sp³-hybridized carbons (Fsp3) is 0.458. The molecule has 0 spiro atoms. The summed E-state index contributed by atoms with van der Waals surface area (Å²) in [7, 11) is 0. The van der Waals surface area contributed by atoms with E-state index < -0.39 is 72.2 Å². The Morgan fingerprint density at radius 1 is 0.946 bits per heavy atom. The number of carboxylic acid groups (broad SMARTS) is 1. The monoisotopic (exact) mass is 518 g/mol. The lowest BCUT2D eigenvalue weighted by molar-refractivity contribution is -0.145. The largest absolute Gasteiger partial charge is 0.480 e. The average molecular weight is 519 g/mol. The Balaban J connectivity index is 2.12. The number of aliphatic carboxylic acids is 1. The second kappa shape index (κ2) is 12.8. The van der Waals surface area contributed by atoms with Crippen molar-refractivity contribution in [2.75, 3.05) is 0 Å². The molecule has 0 aliphatic heterocycles. The number of amides is 4. The molecular formula is C24H34N6O7. The van der Waals surface area contributed by atoms with E-state index in [2.05, 4.69) is 20.9 Å². The number of carbonyl (C=O) groups is 5. The molecule has 0 saturated carbocycles. The van der Waals surface area contributed by atoms with Gasteiger partial charge in [-0.1, -0.05) is 32.0 Å². The molecule has 1 heterocycles. The molecule has 5 atom stereocenters. The van der Waals surface area contributed by atoms with Crippen LogP contribution in [0.4, 0.5) is 0 Å². The summed E-state index contributed by atoms with van der Waals surface area (Å²) < 4.78 is 0. The lowest BCUT2D eigenvalue weighted by Crippen LogP contribution is -2.60. The highest BCUT2D eigenvalue weighted by Gasteiger charge is 2.33. The second-order valence-corrected chi connectivity index (χ2v) is 9.20. The number of carbonyl (C=O) groups excluding carboxylic acids is 4. The number of benzene rings is 1. The van der Waals surface area contributed by atoms with Crippen LogP contribution in [0.15, 0.2) is 30.5 Å². The molecule has 13 nitrogen and oxygen atoms in total. The first-order valence-electron chi connectivity index (χ1n) is 11.7. The maximum absolute atomic E-state index is 13.0. The topological polar surface area (TPSA) is 230 Å². The molecule has 1 aromatic carbocycles. The van der Waals surface area contributed by atoms with E-state index in [-0.39, 0.29) is 6.42 Å². The molecule has 13 heteroatoms. The van der Waals surface area contributed by atoms with Crippen molar-refractivity contribution in [1.82, 2.24) is 20.9 Å². The Morgan fingerprint density at radius 3 is 2.14 bits per heavy atom. The molecule has 2 rings (SSSR count). The van der Waals surface area contributed by atoms with Crippen LogP contribution >= 0.6 is 0 Å². The third kappa shape index (κ3) is 8.02. The highest BCUT2D eigenvalue weighted by molar-refractivity contribution is 5.96. The average Bonchev–Trinajstić information content (AvgIpc) is 3.21. The Morgan fingerprint density at radius 2 is 1.57 bits per heavy atom. The van der Waals surface area contributed by atoms with Gasteiger partial charge in [-0.05, 0) is 30.9 Å². The van der Waals surface area contributed by atoms with Crippen molar-refractivity contribution in [3.63, 3.8) is 0 Å². The van der Waals surface area contributed by atoms with Gasteiger partial charge in [-0.2, -0.15) is 0 Å². The molecule has 0 aliphatic rings. The molecule has 1 aromatic heterocycles. The first kappa shape index (κ1) is 29.3. The van der Waals surface area contributed by atoms with Crippen molar-refractivity contribution in [2.24, 2.45) is 17.4 Å². The van der Waals surface area contributed by atoms with E-state index in [1.165, 1.54) is 6.92 Å². The maximum atomic E-state index is 13.0. The van der Waals surface area contributed by atoms with Gasteiger partial charge in [0, 0.05) is 17.1 Å². The van der Waals surface area contributed by atoms with E-state index in [0.29, 0.717) is 0 Å². The van der Waals surface area contributed by atoms with E-state index in [1.807, 2.05) is 24.3 Å². The summed E-state index contributed by atoms with van der Waals surface area (Å²) in [5, 5.41) is 26.7. The van der Waals surface area contributed by atoms with Gasteiger partial charge in [-0.15, -0.1) is 0 Å². The molecule has 0 fully saturated rings. The summed E-state index contributed by atoms with van der Waals surface area (Å²) in [6.07, 6.45) is -0.0804. The Hall–Kier alpha value is -3.97. The Labute approximate surface area is 213 Å². The van der Waals surface area contributed by atoms with Crippen LogP contribution in [0.5, 0.6) is 0 Å². The molecule has 0 bridgehead atoms. The number of aromatic nitrogens is 1. The summed E-state index contributed by atoms with van der Waals surface area (Å²) in [6, 6.07) is 2.12. The predicted molar refractivity (Wildman–Crippen MR) is 134 cm³/mol. The van der Waals surface area contributed by atoms with Crippen LogP contribution in [0.2, 0.25) is 0 Å². The Bertz CT molecular complexity index is 1150. The molecule has 0 saturated heterocycles. The number of hydrogen-bond acceptors (Lipinski definition) is 7. The van der Waals surface area contributed by atoms with Crippen molar-refractivity contribution >= 4 is 40.5 Å². The smallest absolute Gasteiger partial charge is 0.328 e. The normalized spacial score (nSPS) is 15.3. The van der Waals surface area contributed by atoms with Gasteiger partial charge in [-0.3, -0.25) is 19.2 Å². The molecule has 202 valence electrons. The van der Waals surface area contributed by atoms with E-state index >= 15 is 0 Å². The van der Waals surface area contributed by atoms with Crippen molar-refractivity contribution in [3.8, 4) is 0 Å². The number of aromatic amines is 1. The van der Waals surface area contributed by atoms with Crippen LogP contribution < -0.4 is 27.4 Å². The van der Waals surface area contributed by atoms with Gasteiger partial charge in [0.1, 0.15) is 12.1 Å². The van der Waals surface area contributed by atoms with Gasteiger partial charge in [0.05, 0.1) is 18.6 Å². The third-order valence-electron chi connectivity index (χ3n) is 5.78. The minimum atomic E-state index is -1.60. The first-order chi connectivity index (χ1) is 17.3. The zero-order valence-corrected chi connectivity index (χ0v) is 20.9. The summed E-state index contributed by atoms with van der Waals surface area (Å²) in [4.78, 5) is 64.5. The van der Waals surface area contributed by atoms with Gasteiger partial charge in [0.25, 0.3) is 0 Å². The summed E-state index contributed by atoms with van der Waals surface area (Å²) in [6.45, 7) is 4.39. The number of aliphatic hydroxyl groups excluding tert-OH is 1. The molecule has 10 N–H and O–H groups in total. The van der Waals surface area contributed by atoms with Crippen molar-refractivity contribution in [3.05, 3.63) is 36.0 Å². The van der Waals surface area contributed by atoms with E-state index in [4.69, 9.17) is 11.5 Å². The van der Waals surface area contributed by atoms with E-state index in [9.17, 15) is 34.2 Å². The molecule has 5 unspecified atom stereocenters. The molecule has 0 aliphatic carbocycles. The summed E-state index contributed by atoms with van der Waals surface area (Å²) in [5.41, 5.74) is 13.0. The second-order valence-electron chi connectivity index (χ2n) is 9.20. The van der Waals surface area contributed by atoms with Gasteiger partial charge >= 0.3 is 5.97 Å². The number of para-hydroxylation sites is 1. The number of rotatable bonds is 13. The van der Waals surface area contributed by atoms with Gasteiger partial charge in [-0.25, -0.2) is 4.79 Å². The fourth-order valence-corrected chi connectivity index (χ4v) is 3.74. The highest BCUT2D eigenvalue weighted by Crippen LogP contribution is 2.18. The minimum Gasteiger partial charge on any atom is -0.480 e. The number of aliphatic hydroxyl groups is 1. The maximum Gasteiger partial charge on any atom is 0.328 e. The molecule has 0 radical (unpaired) electrons. The summed E-state index contributed by atoms with van der Waals surface area (Å²) >= 11 is 0. The van der Waals surface area contributed by atoms with Gasteiger partial charge in [0.2, 0.25) is 23.6 Å². The quantitative estimate of drug-likeness (QED) is 0.155. The zero-order valence-electron chi connectivity index (χ0n) is 20.9. The van der Waals surface area contributed by atoms with Crippen molar-refractivity contribution in [1.29, 1.82) is 0 Å². The molecule has 37 heavy (non-hydrogen) atoms. The number of hydrogen-bond donors (Lipinski definition) is 8. The van der Waals surface area contributed by atoms with Crippen LogP contribution in [0.3, 0.4) is 0 Å². The van der Waals surface area contributed by atoms with Crippen LogP contribution in [0.25, 0.3) is 10.9 Å². The zero-order chi connectivity index (χ0) is 27.9. The minimum absolute atomic E-state index is 0.147. The van der Waals surface area contributed by atoms with Crippen LogP contribution in [-0.2, 0) is 30.4 Å². The highest BCUT2D eigenvalue weighted by atomic mass is 16.4. The van der Waals surface area contributed by atoms with Crippen molar-refractivity contribution in [2.45, 2.75) is 63.9 Å². The number of nitrogens with one attached hydrogen (secondary N) is 4. The van der Waals surface area contributed by atoms with Crippen molar-refractivity contribution < 1.29 is 34.2 Å². The Kier molecular flexibility index (Phi) is 10.1. The molecule has 2 aromatic rings. The standard InChI is InChI=1S/C24H34N6O7/c1-11(2)19(23(35)30-20(12(3)31)24(36)37)29-22(34)17(9-18(26)32)28-21(33)15(25)8-13-10-27-16-7-5-4-6-14(13)16/h4-7,10-12,15,17,19-20,27,31H,8-9,25H2,1-3H3,(H2,26,32)(H,28,33)(H,29,34)(H,30,35)(H,36,37). The lowest BCUT2D eigenvalue weighted by atomic mass is 10.0. The summed E-state index contributed by atoms with van der Waals surface area (Å²) in [5.74, 6) is -5.31. The van der Waals surface area contributed by atoms with E-state index in [0.717, 1.165) is 16.5 Å². The SMILES string of the molecule is CC(C)C(NC(=O)C(CC(N)=O)NC(=O)C(N)Cc1c[nH]c2ccccc12)C(=O)NC(C(=O)O)C(C)O. The van der Waals surface area contributed by atoms with Crippen LogP contribution in [-0.4, -0.2) is 75.1 Å².